The topological polar surface area (TPSA) is 69.6 Å². The Balaban J connectivity index is 4.60. The highest BCUT2D eigenvalue weighted by atomic mass is 16.4. The van der Waals surface area contributed by atoms with Crippen LogP contribution in [0.5, 0.6) is 0 Å². The monoisotopic (exact) mass is 258 g/mol. The first-order valence-corrected chi connectivity index (χ1v) is 6.31. The van der Waals surface area contributed by atoms with Gasteiger partial charge >= 0.3 is 12.0 Å². The minimum absolute atomic E-state index is 0.0199. The fraction of sp³-hybridized carbons (Fsp3) is 0.846. The van der Waals surface area contributed by atoms with E-state index in [1.165, 1.54) is 4.90 Å². The number of nitrogens with one attached hydrogen (secondary N) is 1. The standard InChI is InChI=1S/C13H26N2O3/c1-9(2)7-15(8-11(16)17)12(18)14-10(3)13(4,5)6/h9-10H,7-8H2,1-6H3,(H,14,18)(H,16,17). The maximum absolute atomic E-state index is 12.0. The van der Waals surface area contributed by atoms with Crippen LogP contribution in [0, 0.1) is 11.3 Å². The second-order valence-electron chi connectivity index (χ2n) is 6.21. The number of urea groups is 1. The molecule has 0 fully saturated rings. The molecule has 0 bridgehead atoms. The first-order chi connectivity index (χ1) is 8.04. The molecule has 1 unspecified atom stereocenters. The van der Waals surface area contributed by atoms with Crippen LogP contribution in [0.15, 0.2) is 0 Å². The number of aliphatic carboxylic acids is 1. The molecule has 0 heterocycles. The van der Waals surface area contributed by atoms with Gasteiger partial charge in [-0.3, -0.25) is 4.79 Å². The number of hydrogen-bond donors (Lipinski definition) is 2. The number of carboxylic acids is 1. The van der Waals surface area contributed by atoms with Crippen molar-refractivity contribution >= 4 is 12.0 Å². The van der Waals surface area contributed by atoms with E-state index in [9.17, 15) is 9.59 Å². The van der Waals surface area contributed by atoms with E-state index in [-0.39, 0.29) is 30.0 Å². The van der Waals surface area contributed by atoms with Crippen molar-refractivity contribution in [3.05, 3.63) is 0 Å². The molecule has 0 aromatic carbocycles. The smallest absolute Gasteiger partial charge is 0.323 e. The molecule has 0 rings (SSSR count). The maximum Gasteiger partial charge on any atom is 0.323 e. The number of hydrogen-bond acceptors (Lipinski definition) is 2. The van der Waals surface area contributed by atoms with Crippen LogP contribution in [-0.4, -0.2) is 41.1 Å². The highest BCUT2D eigenvalue weighted by Gasteiger charge is 2.25. The van der Waals surface area contributed by atoms with E-state index in [2.05, 4.69) is 5.32 Å². The molecule has 0 saturated heterocycles. The van der Waals surface area contributed by atoms with Gasteiger partial charge in [-0.2, -0.15) is 0 Å². The fourth-order valence-corrected chi connectivity index (χ4v) is 1.32. The maximum atomic E-state index is 12.0. The zero-order valence-electron chi connectivity index (χ0n) is 12.3. The molecular weight excluding hydrogens is 232 g/mol. The number of nitrogens with zero attached hydrogens (tertiary/aromatic N) is 1. The molecule has 5 nitrogen and oxygen atoms in total. The summed E-state index contributed by atoms with van der Waals surface area (Å²) in [5, 5.41) is 11.7. The van der Waals surface area contributed by atoms with Crippen molar-refractivity contribution in [1.29, 1.82) is 0 Å². The fourth-order valence-electron chi connectivity index (χ4n) is 1.32. The summed E-state index contributed by atoms with van der Waals surface area (Å²) in [6, 6.07) is -0.331. The normalized spacial score (nSPS) is 13.3. The van der Waals surface area contributed by atoms with Crippen LogP contribution < -0.4 is 5.32 Å². The number of amides is 2. The van der Waals surface area contributed by atoms with Gasteiger partial charge in [0.2, 0.25) is 0 Å². The van der Waals surface area contributed by atoms with Crippen molar-refractivity contribution in [3.8, 4) is 0 Å². The summed E-state index contributed by atoms with van der Waals surface area (Å²) in [5.41, 5.74) is -0.0532. The first kappa shape index (κ1) is 16.7. The molecular formula is C13H26N2O3. The minimum Gasteiger partial charge on any atom is -0.480 e. The second-order valence-corrected chi connectivity index (χ2v) is 6.21. The van der Waals surface area contributed by atoms with E-state index in [1.54, 1.807) is 0 Å². The molecule has 1 atom stereocenters. The summed E-state index contributed by atoms with van der Waals surface area (Å²) in [7, 11) is 0. The van der Waals surface area contributed by atoms with Gasteiger partial charge in [0.25, 0.3) is 0 Å². The second kappa shape index (κ2) is 6.61. The van der Waals surface area contributed by atoms with E-state index in [4.69, 9.17) is 5.11 Å². The van der Waals surface area contributed by atoms with Crippen molar-refractivity contribution < 1.29 is 14.7 Å². The van der Waals surface area contributed by atoms with Gasteiger partial charge in [-0.05, 0) is 18.3 Å². The molecule has 2 amide bonds. The zero-order valence-corrected chi connectivity index (χ0v) is 12.3. The summed E-state index contributed by atoms with van der Waals surface area (Å²) < 4.78 is 0. The van der Waals surface area contributed by atoms with E-state index < -0.39 is 5.97 Å². The van der Waals surface area contributed by atoms with E-state index in [0.29, 0.717) is 6.54 Å². The van der Waals surface area contributed by atoms with Crippen LogP contribution >= 0.6 is 0 Å². The first-order valence-electron chi connectivity index (χ1n) is 6.31. The van der Waals surface area contributed by atoms with Crippen LogP contribution in [0.3, 0.4) is 0 Å². The predicted octanol–water partition coefficient (Wildman–Crippen LogP) is 2.17. The van der Waals surface area contributed by atoms with Crippen molar-refractivity contribution in [2.75, 3.05) is 13.1 Å². The number of carboxylic acid groups (broad SMARTS) is 1. The SMILES string of the molecule is CC(C)CN(CC(=O)O)C(=O)NC(C)C(C)(C)C. The van der Waals surface area contributed by atoms with Gasteiger partial charge in [0, 0.05) is 12.6 Å². The Labute approximate surface area is 110 Å². The molecule has 2 N–H and O–H groups in total. The third-order valence-corrected chi connectivity index (χ3v) is 2.84. The van der Waals surface area contributed by atoms with Crippen LogP contribution in [-0.2, 0) is 4.79 Å². The van der Waals surface area contributed by atoms with E-state index in [0.717, 1.165) is 0 Å². The zero-order chi connectivity index (χ0) is 14.5. The number of carbonyl (C=O) groups is 2. The van der Waals surface area contributed by atoms with Crippen LogP contribution in [0.2, 0.25) is 0 Å². The molecule has 0 aliphatic heterocycles. The Morgan fingerprint density at radius 3 is 2.06 bits per heavy atom. The lowest BCUT2D eigenvalue weighted by atomic mass is 9.88. The third-order valence-electron chi connectivity index (χ3n) is 2.84. The molecule has 106 valence electrons. The van der Waals surface area contributed by atoms with Gasteiger partial charge in [-0.15, -0.1) is 0 Å². The summed E-state index contributed by atoms with van der Waals surface area (Å²) in [4.78, 5) is 24.1. The lowest BCUT2D eigenvalue weighted by Gasteiger charge is -2.31. The lowest BCUT2D eigenvalue weighted by Crippen LogP contribution is -2.50. The average molecular weight is 258 g/mol. The largest absolute Gasteiger partial charge is 0.480 e. The van der Waals surface area contributed by atoms with Gasteiger partial charge in [0.05, 0.1) is 0 Å². The number of carbonyl (C=O) groups excluding carboxylic acids is 1. The molecule has 0 aliphatic rings. The van der Waals surface area contributed by atoms with E-state index >= 15 is 0 Å². The third kappa shape index (κ3) is 6.47. The van der Waals surface area contributed by atoms with Crippen LogP contribution in [0.4, 0.5) is 4.79 Å². The van der Waals surface area contributed by atoms with Crippen molar-refractivity contribution in [2.24, 2.45) is 11.3 Å². The average Bonchev–Trinajstić information content (AvgIpc) is 2.13. The molecule has 0 spiro atoms. The molecule has 18 heavy (non-hydrogen) atoms. The molecule has 0 aliphatic carbocycles. The molecule has 0 aromatic rings. The quantitative estimate of drug-likeness (QED) is 0.794. The Bertz CT molecular complexity index is 295. The highest BCUT2D eigenvalue weighted by molar-refractivity contribution is 5.80. The van der Waals surface area contributed by atoms with Gasteiger partial charge in [-0.25, -0.2) is 4.79 Å². The predicted molar refractivity (Wildman–Crippen MR) is 71.5 cm³/mol. The van der Waals surface area contributed by atoms with Crippen LogP contribution in [0.1, 0.15) is 41.5 Å². The Morgan fingerprint density at radius 2 is 1.72 bits per heavy atom. The van der Waals surface area contributed by atoms with Crippen molar-refractivity contribution in [2.45, 2.75) is 47.6 Å². The van der Waals surface area contributed by atoms with Gasteiger partial charge in [0.1, 0.15) is 6.54 Å². The minimum atomic E-state index is -0.991. The Kier molecular flexibility index (Phi) is 6.15. The molecule has 0 saturated carbocycles. The van der Waals surface area contributed by atoms with Crippen molar-refractivity contribution in [3.63, 3.8) is 0 Å². The summed E-state index contributed by atoms with van der Waals surface area (Å²) >= 11 is 0. The lowest BCUT2D eigenvalue weighted by molar-refractivity contribution is -0.137. The summed E-state index contributed by atoms with van der Waals surface area (Å²) in [5.74, 6) is -0.755. The number of rotatable bonds is 5. The summed E-state index contributed by atoms with van der Waals surface area (Å²) in [6.45, 7) is 12.1. The van der Waals surface area contributed by atoms with Gasteiger partial charge in [-0.1, -0.05) is 34.6 Å². The van der Waals surface area contributed by atoms with Gasteiger partial charge in [0.15, 0.2) is 0 Å². The van der Waals surface area contributed by atoms with E-state index in [1.807, 2.05) is 41.5 Å². The van der Waals surface area contributed by atoms with Crippen molar-refractivity contribution in [1.82, 2.24) is 10.2 Å². The molecule has 5 heteroatoms. The summed E-state index contributed by atoms with van der Waals surface area (Å²) in [6.07, 6.45) is 0. The Hall–Kier alpha value is -1.26. The molecule has 0 aromatic heterocycles. The van der Waals surface area contributed by atoms with Crippen LogP contribution in [0.25, 0.3) is 0 Å². The Morgan fingerprint density at radius 1 is 1.22 bits per heavy atom. The highest BCUT2D eigenvalue weighted by Crippen LogP contribution is 2.18. The molecule has 0 radical (unpaired) electrons. The van der Waals surface area contributed by atoms with Gasteiger partial charge < -0.3 is 15.3 Å².